The molecular weight excluding hydrogens is 328 g/mol. The number of aliphatic hydroxyl groups excluding tert-OH is 1. The van der Waals surface area contributed by atoms with E-state index in [1.807, 2.05) is 4.90 Å². The van der Waals surface area contributed by atoms with Gasteiger partial charge in [-0.15, -0.1) is 0 Å². The minimum absolute atomic E-state index is 0.0608. The lowest BCUT2D eigenvalue weighted by atomic mass is 10.2. The van der Waals surface area contributed by atoms with Crippen LogP contribution in [0.5, 0.6) is 0 Å². The topological polar surface area (TPSA) is 173 Å². The lowest BCUT2D eigenvalue weighted by Crippen LogP contribution is -2.47. The van der Waals surface area contributed by atoms with Crippen molar-refractivity contribution in [1.82, 2.24) is 4.90 Å². The summed E-state index contributed by atoms with van der Waals surface area (Å²) in [5.41, 5.74) is 16.7. The number of guanidine groups is 2. The number of nitro groups is 1. The quantitative estimate of drug-likeness (QED) is 0.225. The fourth-order valence-electron chi connectivity index (χ4n) is 2.64. The van der Waals surface area contributed by atoms with Gasteiger partial charge in [-0.05, 0) is 12.1 Å². The average Bonchev–Trinajstić information content (AvgIpc) is 2.55. The maximum Gasteiger partial charge on any atom is 0.294 e. The van der Waals surface area contributed by atoms with Crippen LogP contribution in [0.3, 0.4) is 0 Å². The number of aliphatic imine (C=N–C) groups is 2. The summed E-state index contributed by atoms with van der Waals surface area (Å²) in [4.78, 5) is 22.6. The summed E-state index contributed by atoms with van der Waals surface area (Å²) in [7, 11) is 0. The highest BCUT2D eigenvalue weighted by molar-refractivity contribution is 5.93. The number of benzene rings is 1. The van der Waals surface area contributed by atoms with Gasteiger partial charge in [-0.3, -0.25) is 15.0 Å². The second-order valence-electron chi connectivity index (χ2n) is 5.49. The van der Waals surface area contributed by atoms with Gasteiger partial charge in [0, 0.05) is 38.8 Å². The first kappa shape index (κ1) is 18.4. The molecule has 1 saturated heterocycles. The number of aliphatic hydroxyl groups is 1. The Kier molecular flexibility index (Phi) is 6.08. The van der Waals surface area contributed by atoms with Crippen LogP contribution >= 0.6 is 0 Å². The lowest BCUT2D eigenvalue weighted by Gasteiger charge is -2.35. The van der Waals surface area contributed by atoms with E-state index in [9.17, 15) is 10.1 Å². The van der Waals surface area contributed by atoms with Gasteiger partial charge >= 0.3 is 0 Å². The Morgan fingerprint density at radius 2 is 1.92 bits per heavy atom. The molecule has 2 rings (SSSR count). The van der Waals surface area contributed by atoms with Crippen LogP contribution in [0.1, 0.15) is 0 Å². The van der Waals surface area contributed by atoms with E-state index < -0.39 is 4.92 Å². The molecule has 0 aromatic heterocycles. The number of piperazine rings is 1. The molecule has 1 aromatic carbocycles. The summed E-state index contributed by atoms with van der Waals surface area (Å²) in [6.07, 6.45) is 0. The summed E-state index contributed by atoms with van der Waals surface area (Å²) in [5.74, 6) is -0.423. The molecule has 0 amide bonds. The zero-order chi connectivity index (χ0) is 18.4. The second kappa shape index (κ2) is 8.26. The van der Waals surface area contributed by atoms with Gasteiger partial charge in [0.1, 0.15) is 5.69 Å². The first-order chi connectivity index (χ1) is 11.9. The number of hydrogen-bond donors (Lipinski definition) is 4. The van der Waals surface area contributed by atoms with Crippen molar-refractivity contribution in [3.63, 3.8) is 0 Å². The van der Waals surface area contributed by atoms with E-state index in [0.29, 0.717) is 25.3 Å². The van der Waals surface area contributed by atoms with Gasteiger partial charge in [-0.2, -0.15) is 4.99 Å². The Hall–Kier alpha value is -2.92. The average molecular weight is 350 g/mol. The summed E-state index contributed by atoms with van der Waals surface area (Å²) in [6, 6.07) is 4.60. The van der Waals surface area contributed by atoms with Gasteiger partial charge < -0.3 is 27.2 Å². The number of nitro benzene ring substituents is 1. The van der Waals surface area contributed by atoms with Crippen molar-refractivity contribution in [2.24, 2.45) is 27.2 Å². The van der Waals surface area contributed by atoms with E-state index in [1.54, 1.807) is 12.1 Å². The third kappa shape index (κ3) is 5.02. The normalized spacial score (nSPS) is 15.9. The number of nitrogens with two attached hydrogens (primary N) is 3. The van der Waals surface area contributed by atoms with Crippen molar-refractivity contribution in [3.8, 4) is 0 Å². The van der Waals surface area contributed by atoms with Crippen LogP contribution in [-0.4, -0.2) is 66.2 Å². The van der Waals surface area contributed by atoms with Crippen LogP contribution < -0.4 is 22.1 Å². The van der Waals surface area contributed by atoms with Crippen LogP contribution in [0, 0.1) is 10.1 Å². The van der Waals surface area contributed by atoms with Crippen LogP contribution in [0.2, 0.25) is 0 Å². The van der Waals surface area contributed by atoms with Crippen molar-refractivity contribution in [3.05, 3.63) is 28.3 Å². The smallest absolute Gasteiger partial charge is 0.294 e. The summed E-state index contributed by atoms with van der Waals surface area (Å²) < 4.78 is 0. The molecule has 11 nitrogen and oxygen atoms in total. The van der Waals surface area contributed by atoms with Gasteiger partial charge in [0.2, 0.25) is 5.96 Å². The SMILES string of the molecule is NC(N)=NC(N)=Nc1ccc(N2CCN(CCO)CC2)c([N+](=O)[O-])c1. The molecule has 136 valence electrons. The van der Waals surface area contributed by atoms with Gasteiger partial charge in [0.05, 0.1) is 17.2 Å². The Labute approximate surface area is 144 Å². The molecule has 0 saturated carbocycles. The van der Waals surface area contributed by atoms with E-state index >= 15 is 0 Å². The molecule has 1 aliphatic heterocycles. The van der Waals surface area contributed by atoms with E-state index in [2.05, 4.69) is 14.9 Å². The number of anilines is 1. The molecule has 0 radical (unpaired) electrons. The van der Waals surface area contributed by atoms with Gasteiger partial charge in [-0.25, -0.2) is 4.99 Å². The predicted molar refractivity (Wildman–Crippen MR) is 95.9 cm³/mol. The second-order valence-corrected chi connectivity index (χ2v) is 5.49. The molecule has 1 aliphatic rings. The maximum atomic E-state index is 11.4. The standard InChI is InChI=1S/C14H22N8O3/c15-13(16)19-14(17)18-10-1-2-11(12(9-10)22(24)25)21-5-3-20(4-6-21)7-8-23/h1-2,9,23H,3-8H2,(H6,15,16,17,18,19). The first-order valence-corrected chi connectivity index (χ1v) is 7.71. The van der Waals surface area contributed by atoms with Crippen LogP contribution in [0.25, 0.3) is 0 Å². The van der Waals surface area contributed by atoms with Gasteiger partial charge in [-0.1, -0.05) is 0 Å². The van der Waals surface area contributed by atoms with Crippen LogP contribution in [0.15, 0.2) is 28.2 Å². The molecule has 0 atom stereocenters. The minimum Gasteiger partial charge on any atom is -0.395 e. The number of rotatable bonds is 5. The lowest BCUT2D eigenvalue weighted by molar-refractivity contribution is -0.384. The largest absolute Gasteiger partial charge is 0.395 e. The zero-order valence-electron chi connectivity index (χ0n) is 13.7. The fourth-order valence-corrected chi connectivity index (χ4v) is 2.64. The highest BCUT2D eigenvalue weighted by Gasteiger charge is 2.24. The molecule has 0 aliphatic carbocycles. The molecule has 0 spiro atoms. The first-order valence-electron chi connectivity index (χ1n) is 7.71. The monoisotopic (exact) mass is 350 g/mol. The Morgan fingerprint density at radius 1 is 1.24 bits per heavy atom. The van der Waals surface area contributed by atoms with Crippen molar-refractivity contribution in [1.29, 1.82) is 0 Å². The third-order valence-corrected chi connectivity index (χ3v) is 3.77. The molecule has 1 fully saturated rings. The molecule has 1 aromatic rings. The summed E-state index contributed by atoms with van der Waals surface area (Å²) >= 11 is 0. The number of nitrogens with zero attached hydrogens (tertiary/aromatic N) is 5. The Balaban J connectivity index is 2.23. The molecule has 0 bridgehead atoms. The molecule has 11 heteroatoms. The zero-order valence-corrected chi connectivity index (χ0v) is 13.7. The highest BCUT2D eigenvalue weighted by Crippen LogP contribution is 2.32. The predicted octanol–water partition coefficient (Wildman–Crippen LogP) is -1.07. The molecular formula is C14H22N8O3. The molecule has 1 heterocycles. The van der Waals surface area contributed by atoms with Crippen molar-refractivity contribution in [2.45, 2.75) is 0 Å². The van der Waals surface area contributed by atoms with E-state index in [0.717, 1.165) is 13.1 Å². The number of hydrogen-bond acceptors (Lipinski definition) is 6. The van der Waals surface area contributed by atoms with E-state index in [-0.39, 0.29) is 29.9 Å². The summed E-state index contributed by atoms with van der Waals surface area (Å²) in [5, 5.41) is 20.4. The summed E-state index contributed by atoms with van der Waals surface area (Å²) in [6.45, 7) is 3.45. The molecule has 25 heavy (non-hydrogen) atoms. The maximum absolute atomic E-state index is 11.4. The Morgan fingerprint density at radius 3 is 2.48 bits per heavy atom. The minimum atomic E-state index is -0.453. The Bertz CT molecular complexity index is 679. The third-order valence-electron chi connectivity index (χ3n) is 3.77. The fraction of sp³-hybridized carbons (Fsp3) is 0.429. The van der Waals surface area contributed by atoms with Crippen LogP contribution in [0.4, 0.5) is 17.1 Å². The molecule has 0 unspecified atom stereocenters. The molecule has 7 N–H and O–H groups in total. The van der Waals surface area contributed by atoms with E-state index in [4.69, 9.17) is 22.3 Å². The van der Waals surface area contributed by atoms with Gasteiger partial charge in [0.15, 0.2) is 5.96 Å². The van der Waals surface area contributed by atoms with Crippen molar-refractivity contribution >= 4 is 29.0 Å². The van der Waals surface area contributed by atoms with Gasteiger partial charge in [0.25, 0.3) is 5.69 Å². The highest BCUT2D eigenvalue weighted by atomic mass is 16.6. The van der Waals surface area contributed by atoms with Crippen LogP contribution in [-0.2, 0) is 0 Å². The van der Waals surface area contributed by atoms with Crippen molar-refractivity contribution < 1.29 is 10.0 Å². The van der Waals surface area contributed by atoms with Crippen molar-refractivity contribution in [2.75, 3.05) is 44.2 Å². The number of β-amino-alcohol motifs (C(OH)–C–C–N with tert-alkyl or cyclic N) is 1. The van der Waals surface area contributed by atoms with E-state index in [1.165, 1.54) is 6.07 Å².